The van der Waals surface area contributed by atoms with E-state index in [1.54, 1.807) is 13.2 Å². The number of thioether (sulfide) groups is 1. The first kappa shape index (κ1) is 17.1. The molecule has 0 aliphatic heterocycles. The minimum Gasteiger partial charge on any atom is -0.494 e. The van der Waals surface area contributed by atoms with Gasteiger partial charge in [0.2, 0.25) is 5.91 Å². The Morgan fingerprint density at radius 2 is 2.16 bits per heavy atom. The molecule has 1 rings (SSSR count). The van der Waals surface area contributed by atoms with Gasteiger partial charge in [0.1, 0.15) is 5.75 Å². The Morgan fingerprint density at radius 1 is 1.47 bits per heavy atom. The van der Waals surface area contributed by atoms with E-state index in [2.05, 4.69) is 59.7 Å². The third-order valence-corrected chi connectivity index (χ3v) is 4.97. The Hall–Kier alpha value is 0.0200. The molecule has 0 heterocycles. The van der Waals surface area contributed by atoms with Gasteiger partial charge in [-0.05, 0) is 53.9 Å². The minimum atomic E-state index is -0.0716. The third-order valence-electron chi connectivity index (χ3n) is 2.07. The first-order valence-electron chi connectivity index (χ1n) is 5.21. The summed E-state index contributed by atoms with van der Waals surface area (Å²) in [5, 5.41) is 2.85. The van der Waals surface area contributed by atoms with E-state index in [9.17, 15) is 4.79 Å². The van der Waals surface area contributed by atoms with Gasteiger partial charge in [0.25, 0.3) is 0 Å². The largest absolute Gasteiger partial charge is 0.494 e. The Balaban J connectivity index is 2.89. The number of methoxy groups -OCH3 is 1. The lowest BCUT2D eigenvalue weighted by Gasteiger charge is -2.14. The highest BCUT2D eigenvalue weighted by atomic mass is 79.9. The third kappa shape index (κ3) is 4.81. The van der Waals surface area contributed by atoms with Crippen LogP contribution in [0, 0.1) is 0 Å². The van der Waals surface area contributed by atoms with Crippen LogP contribution in [0.1, 0.15) is 0 Å². The summed E-state index contributed by atoms with van der Waals surface area (Å²) in [5.74, 6) is 1.69. The summed E-state index contributed by atoms with van der Waals surface area (Å²) in [7, 11) is 1.57. The fourth-order valence-electron chi connectivity index (χ4n) is 1.28. The van der Waals surface area contributed by atoms with Gasteiger partial charge in [-0.15, -0.1) is 18.3 Å². The lowest BCUT2D eigenvalue weighted by Crippen LogP contribution is -2.15. The number of hydrogen-bond donors (Lipinski definition) is 1. The summed E-state index contributed by atoms with van der Waals surface area (Å²) in [6.07, 6.45) is 1.77. The SMILES string of the molecule is C=CCSCC(=O)Nc1c(Br)cc(Br)c(OC)c1Br. The predicted molar refractivity (Wildman–Crippen MR) is 92.2 cm³/mol. The topological polar surface area (TPSA) is 38.3 Å². The maximum atomic E-state index is 11.8. The second-order valence-corrected chi connectivity index (χ2v) is 6.95. The second kappa shape index (κ2) is 8.34. The zero-order valence-corrected chi connectivity index (χ0v) is 15.7. The van der Waals surface area contributed by atoms with Crippen LogP contribution < -0.4 is 10.1 Å². The number of carbonyl (C=O) groups excluding carboxylic acids is 1. The van der Waals surface area contributed by atoms with Crippen molar-refractivity contribution < 1.29 is 9.53 Å². The van der Waals surface area contributed by atoms with E-state index in [4.69, 9.17) is 4.74 Å². The van der Waals surface area contributed by atoms with Gasteiger partial charge in [-0.2, -0.15) is 0 Å². The van der Waals surface area contributed by atoms with Crippen molar-refractivity contribution in [2.75, 3.05) is 23.9 Å². The van der Waals surface area contributed by atoms with Gasteiger partial charge in [-0.3, -0.25) is 4.79 Å². The van der Waals surface area contributed by atoms with Gasteiger partial charge < -0.3 is 10.1 Å². The summed E-state index contributed by atoms with van der Waals surface area (Å²) in [5.41, 5.74) is 0.657. The minimum absolute atomic E-state index is 0.0716. The average Bonchev–Trinajstić information content (AvgIpc) is 2.35. The molecule has 1 aromatic rings. The molecule has 0 saturated carbocycles. The van der Waals surface area contributed by atoms with Crippen molar-refractivity contribution in [1.29, 1.82) is 0 Å². The Kier molecular flexibility index (Phi) is 7.49. The highest BCUT2D eigenvalue weighted by Crippen LogP contribution is 2.43. The average molecular weight is 474 g/mol. The number of anilines is 1. The van der Waals surface area contributed by atoms with Crippen LogP contribution in [-0.2, 0) is 4.79 Å². The molecular formula is C12H12Br3NO2S. The van der Waals surface area contributed by atoms with E-state index in [0.717, 1.165) is 14.7 Å². The monoisotopic (exact) mass is 471 g/mol. The fraction of sp³-hybridized carbons (Fsp3) is 0.250. The van der Waals surface area contributed by atoms with Crippen LogP contribution in [0.2, 0.25) is 0 Å². The van der Waals surface area contributed by atoms with Crippen LogP contribution in [0.3, 0.4) is 0 Å². The predicted octanol–water partition coefficient (Wildman–Crippen LogP) is 4.84. The van der Waals surface area contributed by atoms with Crippen LogP contribution in [0.4, 0.5) is 5.69 Å². The first-order valence-corrected chi connectivity index (χ1v) is 8.74. The van der Waals surface area contributed by atoms with Gasteiger partial charge in [0, 0.05) is 10.2 Å². The number of rotatable bonds is 6. The molecule has 104 valence electrons. The Labute approximate surface area is 141 Å². The lowest BCUT2D eigenvalue weighted by molar-refractivity contribution is -0.113. The summed E-state index contributed by atoms with van der Waals surface area (Å²) in [4.78, 5) is 11.8. The van der Waals surface area contributed by atoms with Crippen molar-refractivity contribution in [2.24, 2.45) is 0 Å². The smallest absolute Gasteiger partial charge is 0.234 e. The molecule has 0 radical (unpaired) electrons. The van der Waals surface area contributed by atoms with Gasteiger partial charge >= 0.3 is 0 Å². The molecule has 1 aromatic carbocycles. The van der Waals surface area contributed by atoms with Crippen LogP contribution in [0.15, 0.2) is 32.1 Å². The zero-order chi connectivity index (χ0) is 14.4. The van der Waals surface area contributed by atoms with Crippen molar-refractivity contribution in [3.8, 4) is 5.75 Å². The zero-order valence-electron chi connectivity index (χ0n) is 10.1. The van der Waals surface area contributed by atoms with Crippen molar-refractivity contribution in [3.05, 3.63) is 32.1 Å². The molecule has 0 atom stereocenters. The quantitative estimate of drug-likeness (QED) is 0.474. The van der Waals surface area contributed by atoms with Crippen molar-refractivity contribution >= 4 is 71.1 Å². The van der Waals surface area contributed by atoms with E-state index in [-0.39, 0.29) is 5.91 Å². The molecule has 0 bridgehead atoms. The highest BCUT2D eigenvalue weighted by molar-refractivity contribution is 9.11. The maximum Gasteiger partial charge on any atom is 0.234 e. The number of hydrogen-bond acceptors (Lipinski definition) is 3. The number of benzene rings is 1. The fourth-order valence-corrected chi connectivity index (χ4v) is 4.47. The second-order valence-electron chi connectivity index (χ2n) is 3.41. The van der Waals surface area contributed by atoms with Crippen molar-refractivity contribution in [1.82, 2.24) is 0 Å². The van der Waals surface area contributed by atoms with Crippen LogP contribution in [0.25, 0.3) is 0 Å². The van der Waals surface area contributed by atoms with E-state index >= 15 is 0 Å². The molecule has 0 unspecified atom stereocenters. The van der Waals surface area contributed by atoms with Crippen LogP contribution >= 0.6 is 59.6 Å². The summed E-state index contributed by atoms with van der Waals surface area (Å²) in [6.45, 7) is 3.61. The van der Waals surface area contributed by atoms with E-state index in [1.807, 2.05) is 6.07 Å². The molecule has 0 aromatic heterocycles. The summed E-state index contributed by atoms with van der Waals surface area (Å²) in [6, 6.07) is 1.83. The van der Waals surface area contributed by atoms with Crippen molar-refractivity contribution in [2.45, 2.75) is 0 Å². The molecule has 0 saturated heterocycles. The van der Waals surface area contributed by atoms with Gasteiger partial charge in [0.05, 0.1) is 27.5 Å². The van der Waals surface area contributed by atoms with Gasteiger partial charge in [-0.25, -0.2) is 0 Å². The first-order chi connectivity index (χ1) is 9.01. The number of carbonyl (C=O) groups is 1. The van der Waals surface area contributed by atoms with E-state index in [0.29, 0.717) is 21.7 Å². The van der Waals surface area contributed by atoms with E-state index < -0.39 is 0 Å². The molecule has 3 nitrogen and oxygen atoms in total. The lowest BCUT2D eigenvalue weighted by atomic mass is 10.3. The normalized spacial score (nSPS) is 10.1. The molecule has 0 aliphatic carbocycles. The number of nitrogens with one attached hydrogen (secondary N) is 1. The molecular weight excluding hydrogens is 462 g/mol. The molecule has 7 heteroatoms. The number of halogens is 3. The molecule has 0 aliphatic rings. The highest BCUT2D eigenvalue weighted by Gasteiger charge is 2.16. The molecule has 1 amide bonds. The molecule has 1 N–H and O–H groups in total. The summed E-state index contributed by atoms with van der Waals surface area (Å²) >= 11 is 11.8. The molecule has 0 fully saturated rings. The maximum absolute atomic E-state index is 11.8. The standard InChI is InChI=1S/C12H12Br3NO2S/c1-3-4-19-6-9(17)16-11-7(13)5-8(14)12(18-2)10(11)15/h3,5H,1,4,6H2,2H3,(H,16,17). The van der Waals surface area contributed by atoms with Crippen LogP contribution in [-0.4, -0.2) is 24.5 Å². The molecule has 0 spiro atoms. The van der Waals surface area contributed by atoms with Crippen molar-refractivity contribution in [3.63, 3.8) is 0 Å². The Morgan fingerprint density at radius 3 is 2.74 bits per heavy atom. The van der Waals surface area contributed by atoms with Crippen LogP contribution in [0.5, 0.6) is 5.75 Å². The Bertz CT molecular complexity index is 494. The van der Waals surface area contributed by atoms with Gasteiger partial charge in [0.15, 0.2) is 0 Å². The molecule has 19 heavy (non-hydrogen) atoms. The number of ether oxygens (including phenoxy) is 1. The van der Waals surface area contributed by atoms with E-state index in [1.165, 1.54) is 11.8 Å². The van der Waals surface area contributed by atoms with Gasteiger partial charge in [-0.1, -0.05) is 6.08 Å². The summed E-state index contributed by atoms with van der Waals surface area (Å²) < 4.78 is 7.53. The number of amides is 1.